The number of piperidine rings is 1. The van der Waals surface area contributed by atoms with E-state index in [0.29, 0.717) is 11.8 Å². The van der Waals surface area contributed by atoms with Gasteiger partial charge in [0.25, 0.3) is 5.89 Å². The van der Waals surface area contributed by atoms with Crippen LogP contribution in [0, 0.1) is 5.92 Å². The first-order valence-electron chi connectivity index (χ1n) is 8.66. The summed E-state index contributed by atoms with van der Waals surface area (Å²) in [7, 11) is 1.89. The molecule has 4 rings (SSSR count). The maximum absolute atomic E-state index is 5.48. The van der Waals surface area contributed by atoms with Crippen LogP contribution in [0.3, 0.4) is 0 Å². The van der Waals surface area contributed by atoms with Gasteiger partial charge >= 0.3 is 0 Å². The molecule has 1 fully saturated rings. The van der Waals surface area contributed by atoms with Crippen LogP contribution in [0.1, 0.15) is 18.7 Å². The van der Waals surface area contributed by atoms with E-state index in [4.69, 9.17) is 4.52 Å². The monoisotopic (exact) mass is 338 g/mol. The summed E-state index contributed by atoms with van der Waals surface area (Å²) in [6.07, 6.45) is 6.95. The largest absolute Gasteiger partial charge is 0.353 e. The van der Waals surface area contributed by atoms with E-state index in [9.17, 15) is 0 Å². The van der Waals surface area contributed by atoms with Crippen LogP contribution in [0.25, 0.3) is 11.5 Å². The van der Waals surface area contributed by atoms with Crippen molar-refractivity contribution in [3.63, 3.8) is 0 Å². The molecule has 0 atom stereocenters. The van der Waals surface area contributed by atoms with Crippen LogP contribution in [0.5, 0.6) is 0 Å². The first-order chi connectivity index (χ1) is 12.3. The van der Waals surface area contributed by atoms with E-state index in [1.165, 1.54) is 12.8 Å². The third kappa shape index (κ3) is 3.88. The summed E-state index contributed by atoms with van der Waals surface area (Å²) < 4.78 is 7.24. The molecule has 0 saturated carbocycles. The second-order valence-electron chi connectivity index (χ2n) is 6.52. The minimum atomic E-state index is 0.568. The molecule has 1 aromatic carbocycles. The fourth-order valence-electron chi connectivity index (χ4n) is 3.18. The zero-order valence-corrected chi connectivity index (χ0v) is 14.3. The molecule has 25 heavy (non-hydrogen) atoms. The smallest absolute Gasteiger partial charge is 0.257 e. The molecular weight excluding hydrogens is 316 g/mol. The molecule has 130 valence electrons. The first-order valence-corrected chi connectivity index (χ1v) is 8.66. The Hall–Kier alpha value is -2.67. The molecule has 0 aliphatic carbocycles. The third-order valence-corrected chi connectivity index (χ3v) is 4.50. The number of nitrogens with zero attached hydrogens (tertiary/aromatic N) is 4. The number of benzene rings is 1. The summed E-state index contributed by atoms with van der Waals surface area (Å²) >= 11 is 0. The molecular formula is C18H22N6O. The van der Waals surface area contributed by atoms with E-state index in [0.717, 1.165) is 42.3 Å². The third-order valence-electron chi connectivity index (χ3n) is 4.50. The minimum absolute atomic E-state index is 0.568. The Balaban J connectivity index is 1.47. The number of aryl methyl sites for hydroxylation is 1. The molecule has 0 spiro atoms. The van der Waals surface area contributed by atoms with Gasteiger partial charge in [0.1, 0.15) is 0 Å². The van der Waals surface area contributed by atoms with Gasteiger partial charge in [-0.25, -0.2) is 0 Å². The Morgan fingerprint density at radius 2 is 2.16 bits per heavy atom. The summed E-state index contributed by atoms with van der Waals surface area (Å²) in [6.45, 7) is 2.16. The highest BCUT2D eigenvalue weighted by atomic mass is 16.5. The molecule has 0 bridgehead atoms. The zero-order chi connectivity index (χ0) is 17.1. The lowest BCUT2D eigenvalue weighted by atomic mass is 9.94. The Kier molecular flexibility index (Phi) is 4.47. The lowest BCUT2D eigenvalue weighted by Gasteiger charge is -2.20. The Bertz CT molecular complexity index is 833. The Morgan fingerprint density at radius 1 is 1.28 bits per heavy atom. The Morgan fingerprint density at radius 3 is 2.96 bits per heavy atom. The molecule has 7 heteroatoms. The summed E-state index contributed by atoms with van der Waals surface area (Å²) in [5, 5.41) is 15.0. The fraction of sp³-hybridized carbons (Fsp3) is 0.389. The Labute approximate surface area is 146 Å². The lowest BCUT2D eigenvalue weighted by molar-refractivity contribution is 0.356. The molecule has 1 saturated heterocycles. The molecule has 7 nitrogen and oxygen atoms in total. The summed E-state index contributed by atoms with van der Waals surface area (Å²) in [5.41, 5.74) is 2.82. The van der Waals surface area contributed by atoms with Crippen LogP contribution in [-0.4, -0.2) is 33.0 Å². The van der Waals surface area contributed by atoms with Gasteiger partial charge in [-0.1, -0.05) is 11.2 Å². The average molecular weight is 338 g/mol. The van der Waals surface area contributed by atoms with E-state index in [1.807, 2.05) is 37.5 Å². The maximum Gasteiger partial charge on any atom is 0.257 e. The quantitative estimate of drug-likeness (QED) is 0.744. The van der Waals surface area contributed by atoms with Gasteiger partial charge in [0, 0.05) is 30.9 Å². The molecule has 0 radical (unpaired) electrons. The molecule has 2 N–H and O–H groups in total. The number of nitrogens with one attached hydrogen (secondary N) is 2. The molecule has 0 unspecified atom stereocenters. The first kappa shape index (κ1) is 15.8. The van der Waals surface area contributed by atoms with Gasteiger partial charge in [-0.3, -0.25) is 4.68 Å². The number of anilines is 2. The van der Waals surface area contributed by atoms with E-state index < -0.39 is 0 Å². The van der Waals surface area contributed by atoms with Crippen molar-refractivity contribution < 1.29 is 4.52 Å². The summed E-state index contributed by atoms with van der Waals surface area (Å²) in [4.78, 5) is 4.58. The van der Waals surface area contributed by atoms with Crippen LogP contribution in [0.2, 0.25) is 0 Å². The van der Waals surface area contributed by atoms with E-state index in [-0.39, 0.29) is 0 Å². The van der Waals surface area contributed by atoms with Crippen molar-refractivity contribution in [3.8, 4) is 11.5 Å². The highest BCUT2D eigenvalue weighted by molar-refractivity contribution is 5.65. The highest BCUT2D eigenvalue weighted by Crippen LogP contribution is 2.24. The van der Waals surface area contributed by atoms with Crippen molar-refractivity contribution in [3.05, 3.63) is 42.5 Å². The molecule has 2 aromatic heterocycles. The van der Waals surface area contributed by atoms with E-state index >= 15 is 0 Å². The van der Waals surface area contributed by atoms with Crippen molar-refractivity contribution in [1.82, 2.24) is 25.2 Å². The van der Waals surface area contributed by atoms with Crippen molar-refractivity contribution in [1.29, 1.82) is 0 Å². The van der Waals surface area contributed by atoms with Crippen LogP contribution in [0.15, 0.2) is 41.2 Å². The van der Waals surface area contributed by atoms with Crippen LogP contribution in [-0.2, 0) is 13.5 Å². The second kappa shape index (κ2) is 7.06. The standard InChI is InChI=1S/C18H22N6O/c1-24-12-16(11-20-24)21-15-4-2-3-14(10-15)18-22-17(23-25-18)9-13-5-7-19-8-6-13/h2-4,10-13,19,21H,5-9H2,1H3. The van der Waals surface area contributed by atoms with Gasteiger partial charge in [0.15, 0.2) is 5.82 Å². The average Bonchev–Trinajstić information content (AvgIpc) is 3.25. The van der Waals surface area contributed by atoms with Crippen molar-refractivity contribution in [2.45, 2.75) is 19.3 Å². The number of hydrogen-bond donors (Lipinski definition) is 2. The normalized spacial score (nSPS) is 15.4. The van der Waals surface area contributed by atoms with Crippen LogP contribution in [0.4, 0.5) is 11.4 Å². The second-order valence-corrected chi connectivity index (χ2v) is 6.52. The summed E-state index contributed by atoms with van der Waals surface area (Å²) in [5.74, 6) is 2.01. The minimum Gasteiger partial charge on any atom is -0.353 e. The van der Waals surface area contributed by atoms with E-state index in [1.54, 1.807) is 10.9 Å². The highest BCUT2D eigenvalue weighted by Gasteiger charge is 2.17. The van der Waals surface area contributed by atoms with Crippen molar-refractivity contribution in [2.75, 3.05) is 18.4 Å². The molecule has 3 heterocycles. The van der Waals surface area contributed by atoms with E-state index in [2.05, 4.69) is 25.9 Å². The zero-order valence-electron chi connectivity index (χ0n) is 14.3. The molecule has 1 aliphatic rings. The van der Waals surface area contributed by atoms with Crippen molar-refractivity contribution in [2.24, 2.45) is 13.0 Å². The van der Waals surface area contributed by atoms with Gasteiger partial charge in [-0.05, 0) is 50.0 Å². The van der Waals surface area contributed by atoms with Gasteiger partial charge in [0.2, 0.25) is 0 Å². The fourth-order valence-corrected chi connectivity index (χ4v) is 3.18. The lowest BCUT2D eigenvalue weighted by Crippen LogP contribution is -2.28. The molecule has 1 aliphatic heterocycles. The summed E-state index contributed by atoms with van der Waals surface area (Å²) in [6, 6.07) is 7.97. The maximum atomic E-state index is 5.48. The number of rotatable bonds is 5. The van der Waals surface area contributed by atoms with Crippen LogP contribution >= 0.6 is 0 Å². The predicted octanol–water partition coefficient (Wildman–Crippen LogP) is 2.76. The topological polar surface area (TPSA) is 80.8 Å². The van der Waals surface area contributed by atoms with Crippen LogP contribution < -0.4 is 10.6 Å². The SMILES string of the molecule is Cn1cc(Nc2cccc(-c3nc(CC4CCNCC4)no3)c2)cn1. The molecule has 3 aromatic rings. The van der Waals surface area contributed by atoms with Gasteiger partial charge < -0.3 is 15.2 Å². The number of hydrogen-bond acceptors (Lipinski definition) is 6. The predicted molar refractivity (Wildman–Crippen MR) is 95.5 cm³/mol. The van der Waals surface area contributed by atoms with Gasteiger partial charge in [-0.2, -0.15) is 10.1 Å². The number of aromatic nitrogens is 4. The van der Waals surface area contributed by atoms with Gasteiger partial charge in [-0.15, -0.1) is 0 Å². The van der Waals surface area contributed by atoms with Crippen molar-refractivity contribution >= 4 is 11.4 Å². The van der Waals surface area contributed by atoms with Gasteiger partial charge in [0.05, 0.1) is 11.9 Å². The molecule has 0 amide bonds.